The molecule has 0 N–H and O–H groups in total. The highest BCUT2D eigenvalue weighted by Gasteiger charge is 2.63. The van der Waals surface area contributed by atoms with Gasteiger partial charge in [-0.2, -0.15) is 0 Å². The molecule has 0 aromatic heterocycles. The highest BCUT2D eigenvalue weighted by atomic mass is 79.9. The number of Topliss-reactive ketones (excluding diaryl/α,β-unsaturated/α-hetero) is 1. The van der Waals surface area contributed by atoms with Crippen LogP contribution in [0.2, 0.25) is 0 Å². The first kappa shape index (κ1) is 27.9. The third kappa shape index (κ3) is 4.38. The van der Waals surface area contributed by atoms with Crippen molar-refractivity contribution in [2.24, 2.45) is 47.3 Å². The number of hydrogen-bond donors (Lipinski definition) is 0. The summed E-state index contributed by atoms with van der Waals surface area (Å²) in [6.07, 6.45) is 6.80. The lowest BCUT2D eigenvalue weighted by molar-refractivity contribution is -0.159. The number of hydrogen-bond acceptors (Lipinski definition) is 7. The number of ketones is 1. The van der Waals surface area contributed by atoms with Crippen LogP contribution in [0.5, 0.6) is 0 Å². The lowest BCUT2D eigenvalue weighted by Crippen LogP contribution is -2.47. The summed E-state index contributed by atoms with van der Waals surface area (Å²) in [6.45, 7) is -0.224. The normalized spacial score (nSPS) is 34.9. The molecule has 7 rings (SSSR count). The van der Waals surface area contributed by atoms with Gasteiger partial charge in [-0.05, 0) is 93.6 Å². The van der Waals surface area contributed by atoms with Crippen LogP contribution >= 0.6 is 15.9 Å². The number of rotatable bonds is 10. The number of carbonyl (C=O) groups is 6. The Morgan fingerprint density at radius 1 is 0.762 bits per heavy atom. The first-order chi connectivity index (χ1) is 20.2. The highest BCUT2D eigenvalue weighted by Crippen LogP contribution is 2.57. The average Bonchev–Trinajstić information content (AvgIpc) is 3.83. The molecular weight excluding hydrogens is 604 g/mol. The second-order valence-electron chi connectivity index (χ2n) is 13.2. The molecule has 1 aromatic carbocycles. The number of carbonyl (C=O) groups excluding carboxylic acids is 6. The van der Waals surface area contributed by atoms with E-state index in [1.807, 2.05) is 0 Å². The fourth-order valence-electron chi connectivity index (χ4n) is 9.34. The van der Waals surface area contributed by atoms with E-state index >= 15 is 0 Å². The molecule has 9 atom stereocenters. The van der Waals surface area contributed by atoms with Crippen LogP contribution in [0.4, 0.5) is 0 Å². The monoisotopic (exact) mass is 638 g/mol. The Balaban J connectivity index is 1.02. The molecule has 4 aliphatic carbocycles. The van der Waals surface area contributed by atoms with Gasteiger partial charge in [0.1, 0.15) is 6.04 Å². The molecule has 9 nitrogen and oxygen atoms in total. The molecule has 2 saturated heterocycles. The number of ether oxygens (including phenoxy) is 1. The Kier molecular flexibility index (Phi) is 7.10. The molecule has 6 aliphatic rings. The Hall–Kier alpha value is -2.88. The van der Waals surface area contributed by atoms with Gasteiger partial charge in [0.15, 0.2) is 12.4 Å². The largest absolute Gasteiger partial charge is 0.456 e. The first-order valence-corrected chi connectivity index (χ1v) is 16.2. The van der Waals surface area contributed by atoms with Gasteiger partial charge in [-0.3, -0.25) is 33.8 Å². The molecule has 222 valence electrons. The second kappa shape index (κ2) is 10.7. The maximum absolute atomic E-state index is 13.6. The summed E-state index contributed by atoms with van der Waals surface area (Å²) < 4.78 is 6.25. The van der Waals surface area contributed by atoms with Crippen molar-refractivity contribution in [3.05, 3.63) is 34.3 Å². The Labute approximate surface area is 252 Å². The van der Waals surface area contributed by atoms with Crippen LogP contribution in [-0.2, 0) is 28.7 Å². The van der Waals surface area contributed by atoms with Gasteiger partial charge in [-0.15, -0.1) is 0 Å². The maximum atomic E-state index is 13.6. The minimum Gasteiger partial charge on any atom is -0.456 e. The van der Waals surface area contributed by atoms with Crippen LogP contribution in [0.15, 0.2) is 28.7 Å². The van der Waals surface area contributed by atoms with Gasteiger partial charge in [0.2, 0.25) is 23.6 Å². The molecule has 10 heteroatoms. The van der Waals surface area contributed by atoms with Crippen molar-refractivity contribution in [1.82, 2.24) is 9.80 Å². The van der Waals surface area contributed by atoms with Crippen LogP contribution in [-0.4, -0.2) is 64.4 Å². The number of benzene rings is 1. The third-order valence-electron chi connectivity index (χ3n) is 11.2. The van der Waals surface area contributed by atoms with E-state index < -0.39 is 18.6 Å². The lowest BCUT2D eigenvalue weighted by Gasteiger charge is -2.26. The van der Waals surface area contributed by atoms with E-state index in [4.69, 9.17) is 4.74 Å². The molecule has 4 saturated carbocycles. The number of esters is 1. The Bertz CT molecular complexity index is 1300. The molecule has 42 heavy (non-hydrogen) atoms. The number of amides is 4. The summed E-state index contributed by atoms with van der Waals surface area (Å²) in [5.74, 6) is -1.95. The zero-order valence-electron chi connectivity index (χ0n) is 23.4. The van der Waals surface area contributed by atoms with Crippen molar-refractivity contribution >= 4 is 51.3 Å². The minimum absolute atomic E-state index is 0.0622. The van der Waals surface area contributed by atoms with Crippen LogP contribution < -0.4 is 0 Å². The topological polar surface area (TPSA) is 118 Å². The van der Waals surface area contributed by atoms with Crippen molar-refractivity contribution < 1.29 is 33.5 Å². The number of fused-ring (bicyclic) bond motifs is 10. The number of likely N-dealkylation sites (tertiary alicyclic amines) is 2. The number of unbranched alkanes of at least 4 members (excludes halogenated alkanes) is 1. The summed E-state index contributed by atoms with van der Waals surface area (Å²) in [6, 6.07) is 5.57. The molecular formula is C32H35BrN2O7. The van der Waals surface area contributed by atoms with Gasteiger partial charge in [0.05, 0.1) is 23.7 Å². The van der Waals surface area contributed by atoms with Gasteiger partial charge in [0.25, 0.3) is 0 Å². The zero-order chi connectivity index (χ0) is 29.3. The Morgan fingerprint density at radius 3 is 1.79 bits per heavy atom. The summed E-state index contributed by atoms with van der Waals surface area (Å²) >= 11 is 3.33. The number of imide groups is 2. The minimum atomic E-state index is -1.13. The van der Waals surface area contributed by atoms with Crippen molar-refractivity contribution in [3.8, 4) is 0 Å². The van der Waals surface area contributed by atoms with Gasteiger partial charge in [0, 0.05) is 16.6 Å². The molecule has 1 aromatic rings. The predicted molar refractivity (Wildman–Crippen MR) is 151 cm³/mol. The first-order valence-electron chi connectivity index (χ1n) is 15.4. The molecule has 4 bridgehead atoms. The summed E-state index contributed by atoms with van der Waals surface area (Å²) in [7, 11) is 0. The van der Waals surface area contributed by atoms with Gasteiger partial charge in [-0.25, -0.2) is 4.79 Å². The summed E-state index contributed by atoms with van der Waals surface area (Å²) in [5, 5.41) is 0. The van der Waals surface area contributed by atoms with Gasteiger partial charge in [-0.1, -0.05) is 28.1 Å². The molecule has 2 aliphatic heterocycles. The molecule has 6 fully saturated rings. The van der Waals surface area contributed by atoms with Gasteiger partial charge < -0.3 is 4.74 Å². The smallest absolute Gasteiger partial charge is 0.329 e. The molecule has 0 unspecified atom stereocenters. The fourth-order valence-corrected chi connectivity index (χ4v) is 9.61. The van der Waals surface area contributed by atoms with Crippen molar-refractivity contribution in [2.45, 2.75) is 63.8 Å². The highest BCUT2D eigenvalue weighted by molar-refractivity contribution is 9.10. The van der Waals surface area contributed by atoms with Crippen LogP contribution in [0.3, 0.4) is 0 Å². The van der Waals surface area contributed by atoms with Crippen molar-refractivity contribution in [3.63, 3.8) is 0 Å². The quantitative estimate of drug-likeness (QED) is 0.166. The van der Waals surface area contributed by atoms with E-state index in [2.05, 4.69) is 15.9 Å². The van der Waals surface area contributed by atoms with Crippen molar-refractivity contribution in [1.29, 1.82) is 0 Å². The van der Waals surface area contributed by atoms with Crippen LogP contribution in [0.25, 0.3) is 0 Å². The van der Waals surface area contributed by atoms with E-state index in [0.717, 1.165) is 47.9 Å². The van der Waals surface area contributed by atoms with E-state index in [-0.39, 0.29) is 77.9 Å². The van der Waals surface area contributed by atoms with E-state index in [0.29, 0.717) is 30.2 Å². The third-order valence-corrected chi connectivity index (χ3v) is 11.7. The van der Waals surface area contributed by atoms with Crippen LogP contribution in [0.1, 0.15) is 68.1 Å². The molecule has 0 spiro atoms. The standard InChI is InChI=1S/C32H35BrN2O7/c33-21-10-8-16(9-11-21)23(36)15-42-32(41)22(35-30(39)26-19-6-7-20(14-19)27(26)31(35)40)3-1-2-12-34-28(37)24-17-4-5-18(13-17)25(24)29(34)38/h8-11,17-20,22,24-27H,1-7,12-15H2/t17-,18-,19-,20-,22-,24-,25+,26-,27+/m1/s1. The van der Waals surface area contributed by atoms with Crippen LogP contribution in [0, 0.1) is 47.3 Å². The molecule has 0 radical (unpaired) electrons. The SMILES string of the molecule is O=C(COC(=O)[C@@H](CCCCN1C(=O)[C@@H]2[C@@H]3CC[C@H](C3)[C@@H]2C1=O)N1C(=O)[C@@H]2[C@@H]3CC[C@H](C3)[C@@H]2C1=O)c1ccc(Br)cc1. The molecule has 4 amide bonds. The van der Waals surface area contributed by atoms with E-state index in [1.165, 1.54) is 4.90 Å². The average molecular weight is 640 g/mol. The maximum Gasteiger partial charge on any atom is 0.329 e. The second-order valence-corrected chi connectivity index (χ2v) is 14.1. The summed E-state index contributed by atoms with van der Waals surface area (Å²) in [5.41, 5.74) is 0.389. The number of nitrogens with zero attached hydrogens (tertiary/aromatic N) is 2. The fraction of sp³-hybridized carbons (Fsp3) is 0.625. The van der Waals surface area contributed by atoms with Crippen molar-refractivity contribution in [2.75, 3.05) is 13.2 Å². The zero-order valence-corrected chi connectivity index (χ0v) is 25.0. The van der Waals surface area contributed by atoms with E-state index in [9.17, 15) is 28.8 Å². The van der Waals surface area contributed by atoms with E-state index in [1.54, 1.807) is 24.3 Å². The summed E-state index contributed by atoms with van der Waals surface area (Å²) in [4.78, 5) is 81.9. The predicted octanol–water partition coefficient (Wildman–Crippen LogP) is 3.78. The number of halogens is 1. The molecule has 2 heterocycles. The lowest BCUT2D eigenvalue weighted by atomic mass is 9.81. The Morgan fingerprint density at radius 2 is 1.26 bits per heavy atom. The van der Waals surface area contributed by atoms with Gasteiger partial charge >= 0.3 is 5.97 Å².